The van der Waals surface area contributed by atoms with E-state index in [1.54, 1.807) is 16.9 Å². The van der Waals surface area contributed by atoms with Crippen LogP contribution in [0.5, 0.6) is 0 Å². The highest BCUT2D eigenvalue weighted by Crippen LogP contribution is 2.10. The smallest absolute Gasteiger partial charge is 0.101 e. The van der Waals surface area contributed by atoms with Crippen LogP contribution in [0.15, 0.2) is 48.3 Å². The van der Waals surface area contributed by atoms with Gasteiger partial charge in [-0.2, -0.15) is 10.4 Å². The first-order valence-electron chi connectivity index (χ1n) is 5.14. The third-order valence-corrected chi connectivity index (χ3v) is 2.27. The van der Waals surface area contributed by atoms with Crippen molar-refractivity contribution in [2.75, 3.05) is 0 Å². The highest BCUT2D eigenvalue weighted by molar-refractivity contribution is 5.94. The normalized spacial score (nSPS) is 10.9. The average molecular weight is 238 g/mol. The molecule has 1 aromatic carbocycles. The number of nitrogens with zero attached hydrogens (tertiary/aromatic N) is 3. The van der Waals surface area contributed by atoms with E-state index >= 15 is 0 Å². The number of carboxylic acids is 1. The van der Waals surface area contributed by atoms with Crippen LogP contribution in [0.25, 0.3) is 11.8 Å². The number of hydrogen-bond donors (Lipinski definition) is 0. The van der Waals surface area contributed by atoms with Gasteiger partial charge in [0.15, 0.2) is 0 Å². The Hall–Kier alpha value is -2.87. The first-order chi connectivity index (χ1) is 8.70. The molecule has 1 aromatic heterocycles. The van der Waals surface area contributed by atoms with Crippen molar-refractivity contribution in [1.29, 1.82) is 5.26 Å². The molecule has 2 rings (SSSR count). The molecule has 0 aliphatic carbocycles. The molecule has 88 valence electrons. The summed E-state index contributed by atoms with van der Waals surface area (Å²) in [6.07, 6.45) is 4.34. The number of aliphatic carboxylic acids is 1. The summed E-state index contributed by atoms with van der Waals surface area (Å²) in [6.45, 7) is 0. The van der Waals surface area contributed by atoms with Gasteiger partial charge in [0.1, 0.15) is 6.07 Å². The third-order valence-electron chi connectivity index (χ3n) is 2.27. The zero-order valence-corrected chi connectivity index (χ0v) is 9.28. The average Bonchev–Trinajstić information content (AvgIpc) is 2.85. The highest BCUT2D eigenvalue weighted by Gasteiger charge is 2.01. The molecule has 0 saturated carbocycles. The molecule has 0 bridgehead atoms. The molecule has 5 heteroatoms. The summed E-state index contributed by atoms with van der Waals surface area (Å²) in [5.74, 6) is -1.50. The van der Waals surface area contributed by atoms with Gasteiger partial charge in [-0.1, -0.05) is 18.2 Å². The Bertz CT molecular complexity index is 636. The topological polar surface area (TPSA) is 81.7 Å². The van der Waals surface area contributed by atoms with Gasteiger partial charge in [-0.25, -0.2) is 4.68 Å². The van der Waals surface area contributed by atoms with E-state index < -0.39 is 11.5 Å². The number of carbonyl (C=O) groups is 1. The first-order valence-corrected chi connectivity index (χ1v) is 5.14. The predicted octanol–water partition coefficient (Wildman–Crippen LogP) is 0.529. The van der Waals surface area contributed by atoms with E-state index in [2.05, 4.69) is 5.10 Å². The second-order valence-corrected chi connectivity index (χ2v) is 3.51. The van der Waals surface area contributed by atoms with Gasteiger partial charge >= 0.3 is 0 Å². The summed E-state index contributed by atoms with van der Waals surface area (Å²) < 4.78 is 1.59. The van der Waals surface area contributed by atoms with Crippen molar-refractivity contribution in [3.63, 3.8) is 0 Å². The van der Waals surface area contributed by atoms with Crippen molar-refractivity contribution in [1.82, 2.24) is 9.78 Å². The molecule has 0 saturated heterocycles. The number of nitriles is 1. The Labute approximate surface area is 103 Å². The Morgan fingerprint density at radius 1 is 1.39 bits per heavy atom. The molecule has 5 nitrogen and oxygen atoms in total. The van der Waals surface area contributed by atoms with Gasteiger partial charge in [0.2, 0.25) is 0 Å². The second kappa shape index (κ2) is 4.97. The monoisotopic (exact) mass is 238 g/mol. The van der Waals surface area contributed by atoms with Crippen LogP contribution in [-0.2, 0) is 4.79 Å². The molecule has 0 spiro atoms. The molecule has 0 unspecified atom stereocenters. The van der Waals surface area contributed by atoms with E-state index in [0.29, 0.717) is 5.56 Å². The first kappa shape index (κ1) is 11.6. The van der Waals surface area contributed by atoms with E-state index in [-0.39, 0.29) is 0 Å². The maximum absolute atomic E-state index is 10.6. The summed E-state index contributed by atoms with van der Waals surface area (Å²) in [4.78, 5) is 10.6. The van der Waals surface area contributed by atoms with Crippen LogP contribution >= 0.6 is 0 Å². The van der Waals surface area contributed by atoms with Crippen LogP contribution in [0.4, 0.5) is 0 Å². The van der Waals surface area contributed by atoms with Gasteiger partial charge < -0.3 is 9.90 Å². The van der Waals surface area contributed by atoms with Gasteiger partial charge in [-0.05, 0) is 18.2 Å². The van der Waals surface area contributed by atoms with E-state index in [1.165, 1.54) is 12.3 Å². The van der Waals surface area contributed by atoms with Crippen molar-refractivity contribution < 1.29 is 9.90 Å². The zero-order chi connectivity index (χ0) is 13.0. The highest BCUT2D eigenvalue weighted by atomic mass is 16.4. The molecule has 1 heterocycles. The Kier molecular flexibility index (Phi) is 3.21. The molecule has 0 radical (unpaired) electrons. The third kappa shape index (κ3) is 2.44. The predicted molar refractivity (Wildman–Crippen MR) is 62.2 cm³/mol. The van der Waals surface area contributed by atoms with Gasteiger partial charge in [-0.3, -0.25) is 0 Å². The fourth-order valence-electron chi connectivity index (χ4n) is 1.44. The van der Waals surface area contributed by atoms with Crippen LogP contribution in [0.1, 0.15) is 5.56 Å². The number of carbonyl (C=O) groups excluding carboxylic acids is 1. The summed E-state index contributed by atoms with van der Waals surface area (Å²) in [5.41, 5.74) is 0.950. The molecule has 18 heavy (non-hydrogen) atoms. The Balaban J connectivity index is 2.33. The minimum atomic E-state index is -1.50. The molecular weight excluding hydrogens is 230 g/mol. The maximum Gasteiger partial charge on any atom is 0.101 e. The number of rotatable bonds is 3. The summed E-state index contributed by atoms with van der Waals surface area (Å²) in [6, 6.07) is 10.9. The quantitative estimate of drug-likeness (QED) is 0.577. The maximum atomic E-state index is 10.6. The summed E-state index contributed by atoms with van der Waals surface area (Å²) >= 11 is 0. The van der Waals surface area contributed by atoms with Crippen LogP contribution in [0.3, 0.4) is 0 Å². The van der Waals surface area contributed by atoms with Gasteiger partial charge in [0.05, 0.1) is 23.4 Å². The molecule has 0 atom stereocenters. The fraction of sp³-hybridized carbons (Fsp3) is 0. The van der Waals surface area contributed by atoms with Gasteiger partial charge in [0.25, 0.3) is 0 Å². The number of hydrogen-bond acceptors (Lipinski definition) is 4. The summed E-state index contributed by atoms with van der Waals surface area (Å²) in [5, 5.41) is 23.3. The van der Waals surface area contributed by atoms with Crippen LogP contribution in [-0.4, -0.2) is 15.7 Å². The van der Waals surface area contributed by atoms with Gasteiger partial charge in [0, 0.05) is 11.8 Å². The lowest BCUT2D eigenvalue weighted by molar-refractivity contribution is -0.298. The number of para-hydroxylation sites is 1. The van der Waals surface area contributed by atoms with Crippen molar-refractivity contribution in [2.24, 2.45) is 0 Å². The van der Waals surface area contributed by atoms with E-state index in [4.69, 9.17) is 5.26 Å². The minimum absolute atomic E-state index is 0.428. The number of carboxylic acid groups (broad SMARTS) is 1. The molecule has 0 aliphatic rings. The summed E-state index contributed by atoms with van der Waals surface area (Å²) in [7, 11) is 0. The SMILES string of the molecule is N#C/C(=C\c1cnn(-c2ccccc2)c1)C(=O)[O-]. The van der Waals surface area contributed by atoms with Crippen molar-refractivity contribution in [3.8, 4) is 11.8 Å². The van der Waals surface area contributed by atoms with Crippen molar-refractivity contribution in [2.45, 2.75) is 0 Å². The molecule has 0 fully saturated rings. The van der Waals surface area contributed by atoms with Crippen LogP contribution in [0.2, 0.25) is 0 Å². The fourth-order valence-corrected chi connectivity index (χ4v) is 1.44. The lowest BCUT2D eigenvalue weighted by atomic mass is 10.2. The van der Waals surface area contributed by atoms with E-state index in [1.807, 2.05) is 30.3 Å². The van der Waals surface area contributed by atoms with Crippen LogP contribution < -0.4 is 5.11 Å². The molecular formula is C13H8N3O2-. The lowest BCUT2D eigenvalue weighted by Gasteiger charge is -1.99. The number of benzene rings is 1. The van der Waals surface area contributed by atoms with Crippen molar-refractivity contribution in [3.05, 3.63) is 53.9 Å². The van der Waals surface area contributed by atoms with E-state index in [0.717, 1.165) is 5.69 Å². The second-order valence-electron chi connectivity index (χ2n) is 3.51. The molecule has 2 aromatic rings. The molecule has 0 amide bonds. The van der Waals surface area contributed by atoms with Crippen molar-refractivity contribution >= 4 is 12.0 Å². The lowest BCUT2D eigenvalue weighted by Crippen LogP contribution is -2.23. The molecule has 0 N–H and O–H groups in total. The molecule has 0 aliphatic heterocycles. The van der Waals surface area contributed by atoms with E-state index in [9.17, 15) is 9.90 Å². The Morgan fingerprint density at radius 2 is 2.11 bits per heavy atom. The zero-order valence-electron chi connectivity index (χ0n) is 9.28. The van der Waals surface area contributed by atoms with Gasteiger partial charge in [-0.15, -0.1) is 0 Å². The van der Waals surface area contributed by atoms with Crippen LogP contribution in [0, 0.1) is 11.3 Å². The number of aromatic nitrogens is 2. The minimum Gasteiger partial charge on any atom is -0.544 e. The largest absolute Gasteiger partial charge is 0.544 e. The Morgan fingerprint density at radius 3 is 2.72 bits per heavy atom. The standard InChI is InChI=1S/C13H9N3O2/c14-7-11(13(17)18)6-10-8-15-16(9-10)12-4-2-1-3-5-12/h1-6,8-9H,(H,17,18)/p-1/b11-6+.